The molecule has 0 aromatic heterocycles. The number of amides is 1. The quantitative estimate of drug-likeness (QED) is 0.819. The summed E-state index contributed by atoms with van der Waals surface area (Å²) < 4.78 is 10.7. The van der Waals surface area contributed by atoms with E-state index in [1.54, 1.807) is 48.0 Å². The van der Waals surface area contributed by atoms with E-state index in [-0.39, 0.29) is 12.5 Å². The summed E-state index contributed by atoms with van der Waals surface area (Å²) in [5.74, 6) is 2.27. The molecule has 25 heavy (non-hydrogen) atoms. The van der Waals surface area contributed by atoms with Crippen molar-refractivity contribution in [2.75, 3.05) is 26.0 Å². The number of ether oxygens (including phenoxy) is 2. The summed E-state index contributed by atoms with van der Waals surface area (Å²) in [4.78, 5) is 18.9. The van der Waals surface area contributed by atoms with Crippen LogP contribution in [0, 0.1) is 0 Å². The molecular formula is C19H20N2O3S. The van der Waals surface area contributed by atoms with Gasteiger partial charge in [-0.15, -0.1) is 0 Å². The molecule has 1 amide bonds. The number of para-hydroxylation sites is 1. The summed E-state index contributed by atoms with van der Waals surface area (Å²) >= 11 is 1.60. The standard InChI is InChI=1S/C19H20N2O3S/c1-23-16-8-10-17(11-9-16)24-14-18(22)21-12-5-13-25-19(21)20-15-6-3-2-4-7-15/h2-4,6-11H,5,12-14H2,1H3. The third-order valence-corrected chi connectivity index (χ3v) is 4.75. The van der Waals surface area contributed by atoms with E-state index in [2.05, 4.69) is 4.99 Å². The topological polar surface area (TPSA) is 51.1 Å². The van der Waals surface area contributed by atoms with Crippen molar-refractivity contribution in [3.8, 4) is 11.5 Å². The van der Waals surface area contributed by atoms with Crippen LogP contribution in [0.1, 0.15) is 6.42 Å². The zero-order valence-electron chi connectivity index (χ0n) is 14.1. The van der Waals surface area contributed by atoms with Gasteiger partial charge in [0.15, 0.2) is 11.8 Å². The van der Waals surface area contributed by atoms with Crippen LogP contribution >= 0.6 is 11.8 Å². The summed E-state index contributed by atoms with van der Waals surface area (Å²) in [6.07, 6.45) is 0.951. The lowest BCUT2D eigenvalue weighted by Gasteiger charge is -2.27. The molecule has 0 atom stereocenters. The van der Waals surface area contributed by atoms with E-state index >= 15 is 0 Å². The number of thioether (sulfide) groups is 1. The lowest BCUT2D eigenvalue weighted by atomic mass is 10.3. The molecule has 0 aliphatic carbocycles. The van der Waals surface area contributed by atoms with Crippen LogP contribution in [0.4, 0.5) is 5.69 Å². The van der Waals surface area contributed by atoms with Crippen molar-refractivity contribution in [3.05, 3.63) is 54.6 Å². The molecule has 2 aromatic carbocycles. The maximum Gasteiger partial charge on any atom is 0.266 e. The molecule has 6 heteroatoms. The number of methoxy groups -OCH3 is 1. The fraction of sp³-hybridized carbons (Fsp3) is 0.263. The monoisotopic (exact) mass is 356 g/mol. The largest absolute Gasteiger partial charge is 0.497 e. The molecular weight excluding hydrogens is 336 g/mol. The van der Waals surface area contributed by atoms with Crippen LogP contribution in [0.2, 0.25) is 0 Å². The Bertz CT molecular complexity index is 732. The Balaban J connectivity index is 1.65. The number of benzene rings is 2. The molecule has 0 bridgehead atoms. The highest BCUT2D eigenvalue weighted by Gasteiger charge is 2.24. The van der Waals surface area contributed by atoms with Crippen molar-refractivity contribution in [2.24, 2.45) is 4.99 Å². The molecule has 0 N–H and O–H groups in total. The molecule has 3 rings (SSSR count). The molecule has 1 aliphatic rings. The zero-order valence-corrected chi connectivity index (χ0v) is 14.9. The number of carbonyl (C=O) groups is 1. The smallest absolute Gasteiger partial charge is 0.266 e. The molecule has 0 saturated carbocycles. The number of aliphatic imine (C=N–C) groups is 1. The first-order chi connectivity index (χ1) is 12.3. The van der Waals surface area contributed by atoms with Crippen molar-refractivity contribution in [1.29, 1.82) is 0 Å². The van der Waals surface area contributed by atoms with Crippen molar-refractivity contribution < 1.29 is 14.3 Å². The van der Waals surface area contributed by atoms with E-state index in [4.69, 9.17) is 9.47 Å². The second kappa shape index (κ2) is 8.58. The maximum atomic E-state index is 12.6. The predicted molar refractivity (Wildman–Crippen MR) is 101 cm³/mol. The number of amidine groups is 1. The highest BCUT2D eigenvalue weighted by atomic mass is 32.2. The van der Waals surface area contributed by atoms with E-state index in [9.17, 15) is 4.79 Å². The van der Waals surface area contributed by atoms with Crippen LogP contribution in [-0.2, 0) is 4.79 Å². The average molecular weight is 356 g/mol. The molecule has 1 saturated heterocycles. The number of hydrogen-bond donors (Lipinski definition) is 0. The SMILES string of the molecule is COc1ccc(OCC(=O)N2CCCSC2=Nc2ccccc2)cc1. The van der Waals surface area contributed by atoms with Gasteiger partial charge in [-0.2, -0.15) is 0 Å². The van der Waals surface area contributed by atoms with E-state index in [0.717, 1.165) is 28.8 Å². The number of hydrogen-bond acceptors (Lipinski definition) is 5. The summed E-state index contributed by atoms with van der Waals surface area (Å²) in [6, 6.07) is 16.9. The molecule has 130 valence electrons. The molecule has 1 fully saturated rings. The number of carbonyl (C=O) groups excluding carboxylic acids is 1. The van der Waals surface area contributed by atoms with Crippen LogP contribution in [-0.4, -0.2) is 42.0 Å². The molecule has 0 unspecified atom stereocenters. The van der Waals surface area contributed by atoms with Crippen molar-refractivity contribution in [2.45, 2.75) is 6.42 Å². The van der Waals surface area contributed by atoms with Gasteiger partial charge in [-0.25, -0.2) is 4.99 Å². The predicted octanol–water partition coefficient (Wildman–Crippen LogP) is 3.73. The summed E-state index contributed by atoms with van der Waals surface area (Å²) in [5, 5.41) is 0.737. The van der Waals surface area contributed by atoms with Crippen molar-refractivity contribution in [3.63, 3.8) is 0 Å². The van der Waals surface area contributed by atoms with Gasteiger partial charge in [0.05, 0.1) is 12.8 Å². The number of nitrogens with zero attached hydrogens (tertiary/aromatic N) is 2. The first-order valence-corrected chi connectivity index (χ1v) is 9.08. The minimum atomic E-state index is -0.0855. The maximum absolute atomic E-state index is 12.6. The summed E-state index contributed by atoms with van der Waals surface area (Å²) in [5.41, 5.74) is 0.848. The lowest BCUT2D eigenvalue weighted by Crippen LogP contribution is -2.41. The van der Waals surface area contributed by atoms with Crippen LogP contribution in [0.25, 0.3) is 0 Å². The first-order valence-electron chi connectivity index (χ1n) is 8.10. The minimum absolute atomic E-state index is 0.0132. The third kappa shape index (κ3) is 4.76. The van der Waals surface area contributed by atoms with Crippen LogP contribution in [0.5, 0.6) is 11.5 Å². The molecule has 0 radical (unpaired) electrons. The average Bonchev–Trinajstić information content (AvgIpc) is 2.68. The van der Waals surface area contributed by atoms with Crippen LogP contribution < -0.4 is 9.47 Å². The van der Waals surface area contributed by atoms with Gasteiger partial charge in [0, 0.05) is 12.3 Å². The second-order valence-corrected chi connectivity index (χ2v) is 6.50. The summed E-state index contributed by atoms with van der Waals surface area (Å²) in [7, 11) is 1.61. The Labute approximate surface area is 151 Å². The Morgan fingerprint density at radius 3 is 2.56 bits per heavy atom. The van der Waals surface area contributed by atoms with E-state index in [0.29, 0.717) is 12.3 Å². The number of rotatable bonds is 5. The normalized spacial score (nSPS) is 15.9. The van der Waals surface area contributed by atoms with Gasteiger partial charge in [0.2, 0.25) is 0 Å². The minimum Gasteiger partial charge on any atom is -0.497 e. The fourth-order valence-electron chi connectivity index (χ4n) is 2.39. The molecule has 0 spiro atoms. The Kier molecular flexibility index (Phi) is 5.95. The fourth-order valence-corrected chi connectivity index (χ4v) is 3.37. The zero-order chi connectivity index (χ0) is 17.5. The Morgan fingerprint density at radius 1 is 1.12 bits per heavy atom. The van der Waals surface area contributed by atoms with Gasteiger partial charge in [-0.05, 0) is 42.8 Å². The molecule has 2 aromatic rings. The second-order valence-electron chi connectivity index (χ2n) is 5.44. The van der Waals surface area contributed by atoms with E-state index in [1.807, 2.05) is 30.3 Å². The first kappa shape index (κ1) is 17.4. The summed E-state index contributed by atoms with van der Waals surface area (Å²) in [6.45, 7) is 0.657. The lowest BCUT2D eigenvalue weighted by molar-refractivity contribution is -0.129. The van der Waals surface area contributed by atoms with Gasteiger partial charge in [-0.1, -0.05) is 30.0 Å². The van der Waals surface area contributed by atoms with Gasteiger partial charge in [0.25, 0.3) is 5.91 Å². The van der Waals surface area contributed by atoms with Gasteiger partial charge >= 0.3 is 0 Å². The van der Waals surface area contributed by atoms with Crippen molar-refractivity contribution in [1.82, 2.24) is 4.90 Å². The van der Waals surface area contributed by atoms with Gasteiger partial charge < -0.3 is 9.47 Å². The highest BCUT2D eigenvalue weighted by Crippen LogP contribution is 2.23. The van der Waals surface area contributed by atoms with E-state index < -0.39 is 0 Å². The third-order valence-electron chi connectivity index (χ3n) is 3.69. The van der Waals surface area contributed by atoms with Crippen LogP contribution in [0.15, 0.2) is 59.6 Å². The van der Waals surface area contributed by atoms with Gasteiger partial charge in [-0.3, -0.25) is 9.69 Å². The Morgan fingerprint density at radius 2 is 1.84 bits per heavy atom. The van der Waals surface area contributed by atoms with E-state index in [1.165, 1.54) is 0 Å². The molecule has 1 heterocycles. The molecule has 1 aliphatic heterocycles. The van der Waals surface area contributed by atoms with Crippen LogP contribution in [0.3, 0.4) is 0 Å². The molecule has 5 nitrogen and oxygen atoms in total. The van der Waals surface area contributed by atoms with Crippen molar-refractivity contribution >= 4 is 28.5 Å². The highest BCUT2D eigenvalue weighted by molar-refractivity contribution is 8.13. The Hall–Kier alpha value is -2.47. The van der Waals surface area contributed by atoms with Gasteiger partial charge in [0.1, 0.15) is 11.5 Å².